The number of nitrogen functional groups attached to an aromatic ring is 1. The van der Waals surface area contributed by atoms with Gasteiger partial charge in [-0.25, -0.2) is 0 Å². The van der Waals surface area contributed by atoms with Gasteiger partial charge in [0.15, 0.2) is 0 Å². The number of amides is 1. The molecule has 0 unspecified atom stereocenters. The molecule has 0 bridgehead atoms. The summed E-state index contributed by atoms with van der Waals surface area (Å²) in [7, 11) is 0. The number of carbonyl (C=O) groups is 1. The van der Waals surface area contributed by atoms with E-state index >= 15 is 0 Å². The Hall–Kier alpha value is -3.51. The van der Waals surface area contributed by atoms with Crippen LogP contribution in [0.3, 0.4) is 0 Å². The van der Waals surface area contributed by atoms with Crippen molar-refractivity contribution in [2.24, 2.45) is 5.73 Å². The maximum absolute atomic E-state index is 12.8. The second kappa shape index (κ2) is 11.8. The summed E-state index contributed by atoms with van der Waals surface area (Å²) < 4.78 is 5.64. The first-order chi connectivity index (χ1) is 14.9. The number of ether oxygens (including phenoxy) is 1. The van der Waals surface area contributed by atoms with E-state index in [1.165, 1.54) is 0 Å². The molecule has 0 aliphatic rings. The van der Waals surface area contributed by atoms with Gasteiger partial charge in [0.05, 0.1) is 12.6 Å². The van der Waals surface area contributed by atoms with Gasteiger partial charge in [0.25, 0.3) is 0 Å². The van der Waals surface area contributed by atoms with Gasteiger partial charge in [-0.1, -0.05) is 42.5 Å². The van der Waals surface area contributed by atoms with Crippen molar-refractivity contribution in [2.45, 2.75) is 26.5 Å². The average molecular weight is 453 g/mol. The minimum Gasteiger partial charge on any atom is -0.491 e. The number of nitrogens with zero attached hydrogens (tertiary/aromatic N) is 1. The monoisotopic (exact) mass is 452 g/mol. The topological polar surface area (TPSA) is 91.4 Å². The van der Waals surface area contributed by atoms with Gasteiger partial charge in [-0.15, -0.1) is 12.4 Å². The van der Waals surface area contributed by atoms with Crippen LogP contribution in [0.15, 0.2) is 78.9 Å². The second-order valence-electron chi connectivity index (χ2n) is 7.54. The van der Waals surface area contributed by atoms with Crippen molar-refractivity contribution in [2.75, 3.05) is 16.8 Å². The number of nitrogens with one attached hydrogen (secondary N) is 2. The lowest BCUT2D eigenvalue weighted by molar-refractivity contribution is -0.115. The first kappa shape index (κ1) is 24.8. The molecule has 3 rings (SSSR count). The molecule has 32 heavy (non-hydrogen) atoms. The molecule has 7 heteroatoms. The number of hydrogen-bond donors (Lipinski definition) is 3. The Morgan fingerprint density at radius 1 is 1.03 bits per heavy atom. The highest BCUT2D eigenvalue weighted by atomic mass is 35.5. The van der Waals surface area contributed by atoms with Crippen LogP contribution in [0.1, 0.15) is 25.0 Å². The highest BCUT2D eigenvalue weighted by molar-refractivity contribution is 5.97. The minimum atomic E-state index is -0.137. The van der Waals surface area contributed by atoms with Gasteiger partial charge in [-0.3, -0.25) is 10.2 Å². The molecule has 0 atom stereocenters. The maximum atomic E-state index is 12.8. The summed E-state index contributed by atoms with van der Waals surface area (Å²) in [5, 5.41) is 10.7. The lowest BCUT2D eigenvalue weighted by Gasteiger charge is -2.25. The molecule has 6 nitrogen and oxygen atoms in total. The first-order valence-corrected chi connectivity index (χ1v) is 10.2. The zero-order valence-electron chi connectivity index (χ0n) is 18.2. The van der Waals surface area contributed by atoms with E-state index in [2.05, 4.69) is 5.32 Å². The number of amidine groups is 1. The van der Waals surface area contributed by atoms with Gasteiger partial charge in [0.2, 0.25) is 5.91 Å². The van der Waals surface area contributed by atoms with Crippen LogP contribution in [-0.2, 0) is 11.3 Å². The van der Waals surface area contributed by atoms with Crippen LogP contribution in [0.4, 0.5) is 11.4 Å². The van der Waals surface area contributed by atoms with Gasteiger partial charge < -0.3 is 20.7 Å². The molecule has 168 valence electrons. The summed E-state index contributed by atoms with van der Waals surface area (Å²) in [5.41, 5.74) is 8.89. The molecular formula is C25H29ClN4O2. The number of nitrogens with two attached hydrogens (primary N) is 1. The maximum Gasteiger partial charge on any atom is 0.243 e. The Labute approximate surface area is 195 Å². The van der Waals surface area contributed by atoms with Crippen molar-refractivity contribution >= 4 is 35.5 Å². The van der Waals surface area contributed by atoms with Gasteiger partial charge in [-0.05, 0) is 55.8 Å². The van der Waals surface area contributed by atoms with Crippen molar-refractivity contribution in [1.82, 2.24) is 0 Å². The fourth-order valence-electron chi connectivity index (χ4n) is 3.18. The number of benzene rings is 3. The van der Waals surface area contributed by atoms with Crippen molar-refractivity contribution in [3.8, 4) is 5.75 Å². The summed E-state index contributed by atoms with van der Waals surface area (Å²) in [6.45, 7) is 4.65. The van der Waals surface area contributed by atoms with Crippen molar-refractivity contribution in [1.29, 1.82) is 5.41 Å². The Morgan fingerprint density at radius 2 is 1.72 bits per heavy atom. The molecule has 0 radical (unpaired) electrons. The van der Waals surface area contributed by atoms with E-state index in [1.54, 1.807) is 6.07 Å². The smallest absolute Gasteiger partial charge is 0.243 e. The van der Waals surface area contributed by atoms with E-state index in [-0.39, 0.29) is 36.8 Å². The molecule has 0 aromatic heterocycles. The number of halogens is 1. The Kier molecular flexibility index (Phi) is 9.10. The van der Waals surface area contributed by atoms with Crippen molar-refractivity contribution < 1.29 is 9.53 Å². The SMILES string of the molecule is CC(C)Oc1ccc(NC(=O)CN(Cc2ccccc2)c2cccc(C(=N)N)c2)cc1.Cl. The van der Waals surface area contributed by atoms with E-state index < -0.39 is 0 Å². The number of rotatable bonds is 9. The Morgan fingerprint density at radius 3 is 2.34 bits per heavy atom. The molecule has 0 saturated carbocycles. The lowest BCUT2D eigenvalue weighted by Crippen LogP contribution is -2.33. The number of hydrogen-bond acceptors (Lipinski definition) is 4. The summed E-state index contributed by atoms with van der Waals surface area (Å²) in [4.78, 5) is 14.8. The van der Waals surface area contributed by atoms with E-state index in [0.29, 0.717) is 17.8 Å². The van der Waals surface area contributed by atoms with Crippen LogP contribution in [0.2, 0.25) is 0 Å². The second-order valence-corrected chi connectivity index (χ2v) is 7.54. The molecule has 0 fully saturated rings. The largest absolute Gasteiger partial charge is 0.491 e. The Bertz CT molecular complexity index is 1020. The first-order valence-electron chi connectivity index (χ1n) is 10.2. The third-order valence-electron chi connectivity index (χ3n) is 4.58. The van der Waals surface area contributed by atoms with E-state index in [4.69, 9.17) is 15.9 Å². The molecule has 0 spiro atoms. The summed E-state index contributed by atoms with van der Waals surface area (Å²) in [5.74, 6) is 0.621. The van der Waals surface area contributed by atoms with Crippen LogP contribution >= 0.6 is 12.4 Å². The molecule has 3 aromatic rings. The molecular weight excluding hydrogens is 424 g/mol. The van der Waals surface area contributed by atoms with Crippen LogP contribution in [0.5, 0.6) is 5.75 Å². The average Bonchev–Trinajstić information content (AvgIpc) is 2.75. The van der Waals surface area contributed by atoms with Crippen LogP contribution in [-0.4, -0.2) is 24.4 Å². The predicted octanol–water partition coefficient (Wildman–Crippen LogP) is 4.82. The molecule has 0 aliphatic heterocycles. The van der Waals surface area contributed by atoms with Gasteiger partial charge in [-0.2, -0.15) is 0 Å². The summed E-state index contributed by atoms with van der Waals surface area (Å²) >= 11 is 0. The predicted molar refractivity (Wildman–Crippen MR) is 133 cm³/mol. The van der Waals surface area contributed by atoms with Crippen LogP contribution in [0, 0.1) is 5.41 Å². The molecule has 0 aliphatic carbocycles. The highest BCUT2D eigenvalue weighted by Crippen LogP contribution is 2.20. The van der Waals surface area contributed by atoms with Gasteiger partial charge in [0.1, 0.15) is 11.6 Å². The fraction of sp³-hybridized carbons (Fsp3) is 0.200. The van der Waals surface area contributed by atoms with Crippen molar-refractivity contribution in [3.05, 3.63) is 90.0 Å². The normalized spacial score (nSPS) is 10.2. The highest BCUT2D eigenvalue weighted by Gasteiger charge is 2.14. The van der Waals surface area contributed by atoms with E-state index in [0.717, 1.165) is 17.0 Å². The zero-order valence-corrected chi connectivity index (χ0v) is 19.1. The van der Waals surface area contributed by atoms with Crippen LogP contribution in [0.25, 0.3) is 0 Å². The summed E-state index contributed by atoms with van der Waals surface area (Å²) in [6.07, 6.45) is 0.0951. The summed E-state index contributed by atoms with van der Waals surface area (Å²) in [6, 6.07) is 24.7. The zero-order chi connectivity index (χ0) is 22.2. The van der Waals surface area contributed by atoms with Crippen LogP contribution < -0.4 is 20.7 Å². The molecule has 3 aromatic carbocycles. The number of carbonyl (C=O) groups excluding carboxylic acids is 1. The standard InChI is InChI=1S/C25H28N4O2.ClH/c1-18(2)31-23-13-11-21(12-14-23)28-24(30)17-29(16-19-7-4-3-5-8-19)22-10-6-9-20(15-22)25(26)27;/h3-15,18H,16-17H2,1-2H3,(H3,26,27)(H,28,30);1H. The van der Waals surface area contributed by atoms with Gasteiger partial charge in [0, 0.05) is 23.5 Å². The van der Waals surface area contributed by atoms with Gasteiger partial charge >= 0.3 is 0 Å². The molecule has 0 saturated heterocycles. The van der Waals surface area contributed by atoms with Crippen molar-refractivity contribution in [3.63, 3.8) is 0 Å². The molecule has 0 heterocycles. The molecule has 1 amide bonds. The number of anilines is 2. The third kappa shape index (κ3) is 7.32. The third-order valence-corrected chi connectivity index (χ3v) is 4.58. The quantitative estimate of drug-likeness (QED) is 0.320. The van der Waals surface area contributed by atoms with E-state index in [9.17, 15) is 4.79 Å². The molecule has 4 N–H and O–H groups in total. The fourth-order valence-corrected chi connectivity index (χ4v) is 3.18. The lowest BCUT2D eigenvalue weighted by atomic mass is 10.1. The Balaban J connectivity index is 0.00000363. The minimum absolute atomic E-state index is 0. The van der Waals surface area contributed by atoms with E-state index in [1.807, 2.05) is 91.5 Å².